The third kappa shape index (κ3) is 8.52. The Hall–Kier alpha value is -2.47. The minimum absolute atomic E-state index is 0.123. The maximum atomic E-state index is 13.7. The van der Waals surface area contributed by atoms with E-state index in [-0.39, 0.29) is 29.5 Å². The average molecular weight is 882 g/mol. The number of anilines is 2. The van der Waals surface area contributed by atoms with Gasteiger partial charge in [0, 0.05) is 27.3 Å². The highest BCUT2D eigenvalue weighted by molar-refractivity contribution is 14.1. The molecule has 1 atom stereocenters. The molecule has 12 heteroatoms. The Morgan fingerprint density at radius 3 is 2.02 bits per heavy atom. The average Bonchev–Trinajstić information content (AvgIpc) is 2.90. The number of nitrogens with zero attached hydrogens (tertiary/aromatic N) is 1. The van der Waals surface area contributed by atoms with Gasteiger partial charge in [0.1, 0.15) is 5.75 Å². The third-order valence-corrected chi connectivity index (χ3v) is 8.71. The molecule has 2 amide bonds. The maximum absolute atomic E-state index is 13.7. The van der Waals surface area contributed by atoms with Gasteiger partial charge in [0.05, 0.1) is 27.6 Å². The Balaban J connectivity index is 1.96. The summed E-state index contributed by atoms with van der Waals surface area (Å²) in [6.07, 6.45) is -1.70. The second-order valence-electron chi connectivity index (χ2n) is 8.44. The van der Waals surface area contributed by atoms with Crippen molar-refractivity contribution >= 4 is 103 Å². The number of rotatable bonds is 9. The molecular weight excluding hydrogens is 857 g/mol. The SMILES string of the molecule is CC(=O)Nc1c(I)c(C(=O)OC(CCc2ccccc2)OC(=O)Oc2ccccc2)c(I)c(N(C)C(C)=O)c1I. The highest BCUT2D eigenvalue weighted by Gasteiger charge is 2.31. The van der Waals surface area contributed by atoms with Gasteiger partial charge < -0.3 is 24.4 Å². The van der Waals surface area contributed by atoms with E-state index in [0.29, 0.717) is 28.5 Å². The largest absolute Gasteiger partial charge is 0.516 e. The van der Waals surface area contributed by atoms with E-state index >= 15 is 0 Å². The van der Waals surface area contributed by atoms with E-state index in [9.17, 15) is 19.2 Å². The predicted molar refractivity (Wildman–Crippen MR) is 175 cm³/mol. The fourth-order valence-corrected chi connectivity index (χ4v) is 8.13. The molecule has 1 N–H and O–H groups in total. The van der Waals surface area contributed by atoms with Crippen LogP contribution in [0.4, 0.5) is 16.2 Å². The van der Waals surface area contributed by atoms with Crippen LogP contribution >= 0.6 is 67.8 Å². The Morgan fingerprint density at radius 1 is 0.850 bits per heavy atom. The minimum atomic E-state index is -1.28. The minimum Gasteiger partial charge on any atom is -0.421 e. The van der Waals surface area contributed by atoms with Gasteiger partial charge in [-0.2, -0.15) is 0 Å². The molecule has 210 valence electrons. The van der Waals surface area contributed by atoms with Gasteiger partial charge in [-0.05, 0) is 91.9 Å². The van der Waals surface area contributed by atoms with Crippen LogP contribution in [0.1, 0.15) is 36.2 Å². The Labute approximate surface area is 272 Å². The highest BCUT2D eigenvalue weighted by atomic mass is 127. The van der Waals surface area contributed by atoms with Gasteiger partial charge in [0.15, 0.2) is 0 Å². The van der Waals surface area contributed by atoms with Gasteiger partial charge in [0.2, 0.25) is 11.8 Å². The van der Waals surface area contributed by atoms with Crippen molar-refractivity contribution in [3.63, 3.8) is 0 Å². The zero-order valence-corrected chi connectivity index (χ0v) is 28.2. The van der Waals surface area contributed by atoms with Gasteiger partial charge in [-0.25, -0.2) is 9.59 Å². The molecule has 9 nitrogen and oxygen atoms in total. The second kappa shape index (κ2) is 15.0. The van der Waals surface area contributed by atoms with Crippen molar-refractivity contribution in [3.8, 4) is 5.75 Å². The van der Waals surface area contributed by atoms with E-state index < -0.39 is 18.4 Å². The van der Waals surface area contributed by atoms with Crippen LogP contribution in [0.5, 0.6) is 5.75 Å². The molecule has 0 saturated heterocycles. The van der Waals surface area contributed by atoms with Crippen LogP contribution in [-0.2, 0) is 25.5 Å². The van der Waals surface area contributed by atoms with E-state index in [1.165, 1.54) is 18.7 Å². The lowest BCUT2D eigenvalue weighted by atomic mass is 10.1. The molecule has 1 unspecified atom stereocenters. The summed E-state index contributed by atoms with van der Waals surface area (Å²) in [5, 5.41) is 2.75. The first-order valence-electron chi connectivity index (χ1n) is 11.9. The molecular formula is C28H25I3N2O7. The highest BCUT2D eigenvalue weighted by Crippen LogP contribution is 2.41. The molecule has 40 heavy (non-hydrogen) atoms. The normalized spacial score (nSPS) is 11.2. The Morgan fingerprint density at radius 2 is 1.45 bits per heavy atom. The fourth-order valence-electron chi connectivity index (χ4n) is 3.53. The van der Waals surface area contributed by atoms with Gasteiger partial charge >= 0.3 is 12.1 Å². The molecule has 0 spiro atoms. The molecule has 0 bridgehead atoms. The lowest BCUT2D eigenvalue weighted by Crippen LogP contribution is -2.30. The number of carbonyl (C=O) groups is 4. The summed E-state index contributed by atoms with van der Waals surface area (Å²) in [5.41, 5.74) is 1.89. The van der Waals surface area contributed by atoms with E-state index in [0.717, 1.165) is 5.56 Å². The number of carbonyl (C=O) groups excluding carboxylic acids is 4. The van der Waals surface area contributed by atoms with Crippen LogP contribution in [0.15, 0.2) is 60.7 Å². The molecule has 0 aliphatic carbocycles. The van der Waals surface area contributed by atoms with Crippen LogP contribution in [-0.4, -0.2) is 37.3 Å². The molecule has 3 aromatic rings. The van der Waals surface area contributed by atoms with E-state index in [1.807, 2.05) is 98.1 Å². The van der Waals surface area contributed by atoms with Crippen molar-refractivity contribution in [2.45, 2.75) is 33.0 Å². The summed E-state index contributed by atoms with van der Waals surface area (Å²) in [6, 6.07) is 17.9. The third-order valence-electron chi connectivity index (χ3n) is 5.53. The van der Waals surface area contributed by atoms with Gasteiger partial charge in [-0.1, -0.05) is 48.5 Å². The molecule has 0 heterocycles. The summed E-state index contributed by atoms with van der Waals surface area (Å²) < 4.78 is 17.9. The van der Waals surface area contributed by atoms with E-state index in [4.69, 9.17) is 14.2 Å². The zero-order valence-electron chi connectivity index (χ0n) is 21.7. The number of para-hydroxylation sites is 1. The molecule has 0 aliphatic rings. The molecule has 0 fully saturated rings. The molecule has 0 radical (unpaired) electrons. The number of esters is 1. The van der Waals surface area contributed by atoms with Gasteiger partial charge in [-0.15, -0.1) is 0 Å². The summed E-state index contributed by atoms with van der Waals surface area (Å²) >= 11 is 5.96. The molecule has 0 aliphatic heterocycles. The molecule has 3 rings (SSSR count). The van der Waals surface area contributed by atoms with Crippen molar-refractivity contribution in [1.82, 2.24) is 0 Å². The molecule has 0 saturated carbocycles. The first-order chi connectivity index (χ1) is 19.0. The van der Waals surface area contributed by atoms with Crippen molar-refractivity contribution in [2.75, 3.05) is 17.3 Å². The van der Waals surface area contributed by atoms with E-state index in [2.05, 4.69) is 5.32 Å². The monoisotopic (exact) mass is 882 g/mol. The van der Waals surface area contributed by atoms with Gasteiger partial charge in [0.25, 0.3) is 6.29 Å². The summed E-state index contributed by atoms with van der Waals surface area (Å²) in [6.45, 7) is 2.74. The summed E-state index contributed by atoms with van der Waals surface area (Å²) in [5.74, 6) is -1.13. The zero-order chi connectivity index (χ0) is 29.4. The summed E-state index contributed by atoms with van der Waals surface area (Å²) in [7, 11) is 1.58. The number of amides is 2. The standard InChI is InChI=1S/C28H25I3N2O7/c1-16(34)32-25-22(29)21(23(30)26(24(25)31)33(3)17(2)35)27(36)39-20(15-14-18-10-6-4-7-11-18)40-28(37)38-19-12-8-5-9-13-19/h4-13,20H,14-15H2,1-3H3,(H,32,34). The van der Waals surface area contributed by atoms with Crippen molar-refractivity contribution in [2.24, 2.45) is 0 Å². The lowest BCUT2D eigenvalue weighted by Gasteiger charge is -2.25. The van der Waals surface area contributed by atoms with Crippen LogP contribution in [0, 0.1) is 10.7 Å². The number of halogens is 3. The van der Waals surface area contributed by atoms with Crippen molar-refractivity contribution in [1.29, 1.82) is 0 Å². The van der Waals surface area contributed by atoms with Crippen LogP contribution in [0.3, 0.4) is 0 Å². The van der Waals surface area contributed by atoms with Crippen LogP contribution in [0.2, 0.25) is 0 Å². The fraction of sp³-hybridized carbons (Fsp3) is 0.214. The molecule has 3 aromatic carbocycles. The van der Waals surface area contributed by atoms with Crippen molar-refractivity contribution < 1.29 is 33.4 Å². The summed E-state index contributed by atoms with van der Waals surface area (Å²) in [4.78, 5) is 51.9. The number of benzene rings is 3. The molecule has 0 aromatic heterocycles. The Kier molecular flexibility index (Phi) is 12.0. The second-order valence-corrected chi connectivity index (χ2v) is 11.7. The van der Waals surface area contributed by atoms with Crippen LogP contribution < -0.4 is 15.0 Å². The first kappa shape index (κ1) is 32.0. The maximum Gasteiger partial charge on any atom is 0.516 e. The number of aryl methyl sites for hydroxylation is 1. The number of hydrogen-bond donors (Lipinski definition) is 1. The topological polar surface area (TPSA) is 111 Å². The predicted octanol–water partition coefficient (Wildman–Crippen LogP) is 6.77. The van der Waals surface area contributed by atoms with E-state index in [1.54, 1.807) is 37.4 Å². The first-order valence-corrected chi connectivity index (χ1v) is 15.1. The van der Waals surface area contributed by atoms with Crippen LogP contribution in [0.25, 0.3) is 0 Å². The Bertz CT molecular complexity index is 1400. The van der Waals surface area contributed by atoms with Crippen molar-refractivity contribution in [3.05, 3.63) is 82.5 Å². The quantitative estimate of drug-likeness (QED) is 0.109. The lowest BCUT2D eigenvalue weighted by molar-refractivity contribution is -0.116. The smallest absolute Gasteiger partial charge is 0.421 e. The number of hydrogen-bond acceptors (Lipinski definition) is 7. The number of nitrogens with one attached hydrogen (secondary N) is 1. The number of ether oxygens (including phenoxy) is 3. The van der Waals surface area contributed by atoms with Gasteiger partial charge in [-0.3, -0.25) is 9.59 Å².